The highest BCUT2D eigenvalue weighted by molar-refractivity contribution is 7.22. The monoisotopic (exact) mass is 423 g/mol. The number of hydrogen-bond donors (Lipinski definition) is 0. The van der Waals surface area contributed by atoms with Gasteiger partial charge in [0.15, 0.2) is 5.13 Å². The number of benzene rings is 2. The molecule has 0 radical (unpaired) electrons. The number of likely N-dealkylation sites (N-methyl/N-ethyl adjacent to an activating group) is 1. The number of fused-ring (bicyclic) bond motifs is 1. The molecule has 5 nitrogen and oxygen atoms in total. The molecule has 0 spiro atoms. The van der Waals surface area contributed by atoms with E-state index in [9.17, 15) is 9.18 Å². The fraction of sp³-hybridized carbons (Fsp3) is 0.300. The molecule has 0 N–H and O–H groups in total. The van der Waals surface area contributed by atoms with Crippen molar-refractivity contribution >= 4 is 45.0 Å². The molecule has 0 bridgehead atoms. The zero-order chi connectivity index (χ0) is 19.4. The van der Waals surface area contributed by atoms with Crippen LogP contribution in [0.25, 0.3) is 10.2 Å². The average molecular weight is 424 g/mol. The number of thiazole rings is 1. The summed E-state index contributed by atoms with van der Waals surface area (Å²) in [5.74, 6) is -0.246. The van der Waals surface area contributed by atoms with Gasteiger partial charge in [-0.1, -0.05) is 29.5 Å². The standard InChI is InChI=1S/C20H22FN3O2S.ClH/c1-4-26-16-10-7-11-17-18(16)22-20(27-17)24(13-12-23(2)3)19(25)14-8-5-6-9-15(14)21;/h5-11H,4,12-13H2,1-3H3;1H. The Kier molecular flexibility index (Phi) is 7.74. The third-order valence-corrected chi connectivity index (χ3v) is 5.07. The number of nitrogens with zero attached hydrogens (tertiary/aromatic N) is 3. The van der Waals surface area contributed by atoms with E-state index >= 15 is 0 Å². The summed E-state index contributed by atoms with van der Waals surface area (Å²) in [5, 5.41) is 0.534. The second-order valence-electron chi connectivity index (χ2n) is 6.27. The van der Waals surface area contributed by atoms with Gasteiger partial charge in [-0.2, -0.15) is 0 Å². The predicted molar refractivity (Wildman–Crippen MR) is 115 cm³/mol. The Bertz CT molecular complexity index is 948. The van der Waals surface area contributed by atoms with Gasteiger partial charge in [0.1, 0.15) is 17.1 Å². The normalized spacial score (nSPS) is 10.8. The Morgan fingerprint density at radius 2 is 1.89 bits per heavy atom. The van der Waals surface area contributed by atoms with E-state index in [2.05, 4.69) is 4.98 Å². The van der Waals surface area contributed by atoms with E-state index in [1.807, 2.05) is 44.1 Å². The molecule has 2 aromatic carbocycles. The van der Waals surface area contributed by atoms with Crippen molar-refractivity contribution in [3.63, 3.8) is 0 Å². The van der Waals surface area contributed by atoms with Crippen molar-refractivity contribution in [2.75, 3.05) is 38.7 Å². The molecule has 0 aliphatic rings. The SMILES string of the molecule is CCOc1cccc2sc(N(CCN(C)C)C(=O)c3ccccc3F)nc12.Cl. The highest BCUT2D eigenvalue weighted by Crippen LogP contribution is 2.34. The molecule has 0 unspecified atom stereocenters. The van der Waals surface area contributed by atoms with Gasteiger partial charge in [-0.25, -0.2) is 9.37 Å². The molecule has 8 heteroatoms. The van der Waals surface area contributed by atoms with Gasteiger partial charge in [0.05, 0.1) is 16.9 Å². The first-order valence-corrected chi connectivity index (χ1v) is 9.56. The van der Waals surface area contributed by atoms with Crippen LogP contribution in [0, 0.1) is 5.82 Å². The summed E-state index contributed by atoms with van der Waals surface area (Å²) in [6, 6.07) is 11.7. The highest BCUT2D eigenvalue weighted by Gasteiger charge is 2.24. The Hall–Kier alpha value is -2.22. The van der Waals surface area contributed by atoms with Crippen LogP contribution < -0.4 is 9.64 Å². The first kappa shape index (κ1) is 22.1. The van der Waals surface area contributed by atoms with E-state index in [0.717, 1.165) is 10.2 Å². The van der Waals surface area contributed by atoms with Crippen LogP contribution in [-0.2, 0) is 0 Å². The number of halogens is 2. The first-order valence-electron chi connectivity index (χ1n) is 8.74. The fourth-order valence-corrected chi connectivity index (χ4v) is 3.67. The molecular weight excluding hydrogens is 401 g/mol. The number of aromatic nitrogens is 1. The molecule has 1 aromatic heterocycles. The van der Waals surface area contributed by atoms with E-state index in [1.54, 1.807) is 17.0 Å². The summed E-state index contributed by atoms with van der Waals surface area (Å²) in [6.45, 7) is 3.49. The molecule has 1 amide bonds. The van der Waals surface area contributed by atoms with Gasteiger partial charge in [-0.3, -0.25) is 9.69 Å². The lowest BCUT2D eigenvalue weighted by Gasteiger charge is -2.22. The van der Waals surface area contributed by atoms with Crippen LogP contribution in [0.1, 0.15) is 17.3 Å². The second-order valence-corrected chi connectivity index (χ2v) is 7.28. The second kappa shape index (κ2) is 9.82. The van der Waals surface area contributed by atoms with E-state index in [1.165, 1.54) is 23.5 Å². The predicted octanol–water partition coefficient (Wildman–Crippen LogP) is 4.46. The van der Waals surface area contributed by atoms with Crippen LogP contribution in [0.4, 0.5) is 9.52 Å². The smallest absolute Gasteiger partial charge is 0.263 e. The number of ether oxygens (including phenoxy) is 1. The molecule has 150 valence electrons. The van der Waals surface area contributed by atoms with Crippen LogP contribution in [0.2, 0.25) is 0 Å². The molecule has 0 fully saturated rings. The third kappa shape index (κ3) is 4.79. The third-order valence-electron chi connectivity index (χ3n) is 4.02. The summed E-state index contributed by atoms with van der Waals surface area (Å²) in [6.07, 6.45) is 0. The van der Waals surface area contributed by atoms with Crippen molar-refractivity contribution in [1.29, 1.82) is 0 Å². The van der Waals surface area contributed by atoms with Crippen LogP contribution in [0.3, 0.4) is 0 Å². The number of hydrogen-bond acceptors (Lipinski definition) is 5. The molecular formula is C20H23ClFN3O2S. The van der Waals surface area contributed by atoms with E-state index in [-0.39, 0.29) is 18.0 Å². The van der Waals surface area contributed by atoms with Crippen LogP contribution in [0.15, 0.2) is 42.5 Å². The van der Waals surface area contributed by atoms with Crippen molar-refractivity contribution in [2.45, 2.75) is 6.92 Å². The lowest BCUT2D eigenvalue weighted by molar-refractivity contribution is 0.0981. The fourth-order valence-electron chi connectivity index (χ4n) is 2.66. The summed E-state index contributed by atoms with van der Waals surface area (Å²) >= 11 is 1.40. The summed E-state index contributed by atoms with van der Waals surface area (Å²) in [7, 11) is 3.86. The molecule has 0 atom stereocenters. The van der Waals surface area contributed by atoms with Gasteiger partial charge in [0, 0.05) is 13.1 Å². The van der Waals surface area contributed by atoms with Gasteiger partial charge in [-0.05, 0) is 45.3 Å². The minimum atomic E-state index is -0.534. The molecule has 0 saturated heterocycles. The maximum absolute atomic E-state index is 14.2. The molecule has 0 aliphatic carbocycles. The van der Waals surface area contributed by atoms with E-state index in [0.29, 0.717) is 30.6 Å². The minimum absolute atomic E-state index is 0. The van der Waals surface area contributed by atoms with Crippen molar-refractivity contribution in [1.82, 2.24) is 9.88 Å². The average Bonchev–Trinajstić information content (AvgIpc) is 3.07. The van der Waals surface area contributed by atoms with Gasteiger partial charge in [0.2, 0.25) is 0 Å². The zero-order valence-electron chi connectivity index (χ0n) is 16.0. The molecule has 0 aliphatic heterocycles. The van der Waals surface area contributed by atoms with Crippen molar-refractivity contribution < 1.29 is 13.9 Å². The van der Waals surface area contributed by atoms with Crippen LogP contribution >= 0.6 is 23.7 Å². The Morgan fingerprint density at radius 1 is 1.14 bits per heavy atom. The van der Waals surface area contributed by atoms with Gasteiger partial charge in [0.25, 0.3) is 5.91 Å². The van der Waals surface area contributed by atoms with E-state index < -0.39 is 11.7 Å². The minimum Gasteiger partial charge on any atom is -0.492 e. The van der Waals surface area contributed by atoms with Crippen LogP contribution in [-0.4, -0.2) is 49.6 Å². The largest absolute Gasteiger partial charge is 0.492 e. The lowest BCUT2D eigenvalue weighted by Crippen LogP contribution is -2.37. The van der Waals surface area contributed by atoms with Crippen molar-refractivity contribution in [2.24, 2.45) is 0 Å². The summed E-state index contributed by atoms with van der Waals surface area (Å²) in [5.41, 5.74) is 0.760. The van der Waals surface area contributed by atoms with E-state index in [4.69, 9.17) is 4.74 Å². The quantitative estimate of drug-likeness (QED) is 0.562. The number of rotatable bonds is 7. The summed E-state index contributed by atoms with van der Waals surface area (Å²) in [4.78, 5) is 21.2. The zero-order valence-corrected chi connectivity index (χ0v) is 17.6. The molecule has 28 heavy (non-hydrogen) atoms. The number of anilines is 1. The topological polar surface area (TPSA) is 45.7 Å². The Labute approximate surface area is 174 Å². The van der Waals surface area contributed by atoms with Gasteiger partial charge < -0.3 is 9.64 Å². The number of para-hydroxylation sites is 1. The maximum Gasteiger partial charge on any atom is 0.263 e. The van der Waals surface area contributed by atoms with Crippen molar-refractivity contribution in [3.8, 4) is 5.75 Å². The maximum atomic E-state index is 14.2. The summed E-state index contributed by atoms with van der Waals surface area (Å²) < 4.78 is 20.8. The number of carbonyl (C=O) groups excluding carboxylic acids is 1. The molecule has 3 aromatic rings. The van der Waals surface area contributed by atoms with Gasteiger partial charge in [-0.15, -0.1) is 12.4 Å². The first-order chi connectivity index (χ1) is 13.0. The van der Waals surface area contributed by atoms with Crippen LogP contribution in [0.5, 0.6) is 5.75 Å². The molecule has 3 rings (SSSR count). The number of carbonyl (C=O) groups is 1. The van der Waals surface area contributed by atoms with Crippen molar-refractivity contribution in [3.05, 3.63) is 53.8 Å². The lowest BCUT2D eigenvalue weighted by atomic mass is 10.2. The molecule has 0 saturated carbocycles. The Balaban J connectivity index is 0.00000280. The van der Waals surface area contributed by atoms with Gasteiger partial charge >= 0.3 is 0 Å². The molecule has 1 heterocycles. The highest BCUT2D eigenvalue weighted by atomic mass is 35.5. The Morgan fingerprint density at radius 3 is 2.57 bits per heavy atom. The number of amides is 1.